The van der Waals surface area contributed by atoms with Gasteiger partial charge in [-0.3, -0.25) is 4.79 Å². The van der Waals surface area contributed by atoms with E-state index in [1.165, 1.54) is 0 Å². The summed E-state index contributed by atoms with van der Waals surface area (Å²) in [5, 5.41) is 0. The number of hydrogen-bond donors (Lipinski definition) is 1. The van der Waals surface area contributed by atoms with Crippen LogP contribution in [0.4, 0.5) is 0 Å². The van der Waals surface area contributed by atoms with Crippen molar-refractivity contribution in [2.45, 2.75) is 45.3 Å². The van der Waals surface area contributed by atoms with E-state index in [4.69, 9.17) is 10.5 Å². The maximum absolute atomic E-state index is 11.8. The maximum Gasteiger partial charge on any atom is 0.239 e. The quantitative estimate of drug-likeness (QED) is 0.797. The van der Waals surface area contributed by atoms with Crippen molar-refractivity contribution in [3.05, 3.63) is 0 Å². The van der Waals surface area contributed by atoms with Gasteiger partial charge in [-0.25, -0.2) is 0 Å². The second kappa shape index (κ2) is 7.87. The molecule has 0 radical (unpaired) electrons. The number of amides is 1. The molecule has 0 aromatic carbocycles. The second-order valence-corrected chi connectivity index (χ2v) is 4.03. The smallest absolute Gasteiger partial charge is 0.239 e. The molecule has 1 heterocycles. The van der Waals surface area contributed by atoms with E-state index in [-0.39, 0.29) is 30.5 Å². The van der Waals surface area contributed by atoms with Crippen LogP contribution in [0.1, 0.15) is 33.1 Å². The van der Waals surface area contributed by atoms with E-state index in [0.717, 1.165) is 19.4 Å². The number of rotatable bonds is 5. The molecule has 0 spiro atoms. The van der Waals surface area contributed by atoms with Gasteiger partial charge < -0.3 is 15.4 Å². The van der Waals surface area contributed by atoms with Crippen molar-refractivity contribution in [2.75, 3.05) is 19.7 Å². The normalized spacial score (nSPS) is 21.3. The first-order valence-electron chi connectivity index (χ1n) is 5.85. The zero-order valence-electron chi connectivity index (χ0n) is 10.1. The summed E-state index contributed by atoms with van der Waals surface area (Å²) in [7, 11) is 0. The second-order valence-electron chi connectivity index (χ2n) is 4.03. The molecule has 96 valence electrons. The predicted octanol–water partition coefficient (Wildman–Crippen LogP) is 1.17. The van der Waals surface area contributed by atoms with Crippen LogP contribution in [0.2, 0.25) is 0 Å². The zero-order valence-corrected chi connectivity index (χ0v) is 11.0. The van der Waals surface area contributed by atoms with E-state index in [1.54, 1.807) is 0 Å². The topological polar surface area (TPSA) is 55.6 Å². The molecule has 16 heavy (non-hydrogen) atoms. The molecule has 2 N–H and O–H groups in total. The van der Waals surface area contributed by atoms with Gasteiger partial charge >= 0.3 is 0 Å². The van der Waals surface area contributed by atoms with Gasteiger partial charge in [-0.2, -0.15) is 0 Å². The van der Waals surface area contributed by atoms with Crippen molar-refractivity contribution < 1.29 is 9.53 Å². The zero-order chi connectivity index (χ0) is 11.3. The summed E-state index contributed by atoms with van der Waals surface area (Å²) < 4.78 is 5.51. The van der Waals surface area contributed by atoms with Crippen molar-refractivity contribution in [2.24, 2.45) is 5.73 Å². The molecular formula is C11H23ClN2O2. The Bertz CT molecular complexity index is 208. The largest absolute Gasteiger partial charge is 0.376 e. The van der Waals surface area contributed by atoms with E-state index in [0.29, 0.717) is 19.5 Å². The summed E-state index contributed by atoms with van der Waals surface area (Å²) in [4.78, 5) is 13.6. The summed E-state index contributed by atoms with van der Waals surface area (Å²) in [5.74, 6) is 0.0514. The molecular weight excluding hydrogens is 228 g/mol. The van der Waals surface area contributed by atoms with Crippen LogP contribution in [-0.4, -0.2) is 42.6 Å². The van der Waals surface area contributed by atoms with Gasteiger partial charge in [0.05, 0.1) is 12.1 Å². The standard InChI is InChI=1S/C11H22N2O2.ClH/c1-3-10(12)11(14)13(4-2)8-9-6-5-7-15-9;/h9-10H,3-8,12H2,1-2H3;1H/t9?,10-;/m0./s1. The predicted molar refractivity (Wildman–Crippen MR) is 66.7 cm³/mol. The molecule has 0 aromatic heterocycles. The van der Waals surface area contributed by atoms with Crippen molar-refractivity contribution in [1.29, 1.82) is 0 Å². The lowest BCUT2D eigenvalue weighted by Gasteiger charge is -2.26. The van der Waals surface area contributed by atoms with E-state index in [9.17, 15) is 4.79 Å². The fraction of sp³-hybridized carbons (Fsp3) is 0.909. The molecule has 1 amide bonds. The Labute approximate surface area is 104 Å². The number of carbonyl (C=O) groups excluding carboxylic acids is 1. The van der Waals surface area contributed by atoms with Crippen LogP contribution in [0, 0.1) is 0 Å². The molecule has 1 unspecified atom stereocenters. The van der Waals surface area contributed by atoms with Crippen molar-refractivity contribution in [3.8, 4) is 0 Å². The van der Waals surface area contributed by atoms with Crippen molar-refractivity contribution in [1.82, 2.24) is 4.90 Å². The highest BCUT2D eigenvalue weighted by Gasteiger charge is 2.23. The minimum atomic E-state index is -0.355. The van der Waals surface area contributed by atoms with E-state index in [1.807, 2.05) is 18.7 Å². The molecule has 0 aromatic rings. The first-order chi connectivity index (χ1) is 7.19. The van der Waals surface area contributed by atoms with Crippen LogP contribution < -0.4 is 5.73 Å². The van der Waals surface area contributed by atoms with Gasteiger partial charge in [-0.1, -0.05) is 6.92 Å². The van der Waals surface area contributed by atoms with E-state index >= 15 is 0 Å². The number of nitrogens with two attached hydrogens (primary N) is 1. The number of hydrogen-bond acceptors (Lipinski definition) is 3. The van der Waals surface area contributed by atoms with Crippen LogP contribution >= 0.6 is 12.4 Å². The molecule has 1 fully saturated rings. The fourth-order valence-electron chi connectivity index (χ4n) is 1.82. The Kier molecular flexibility index (Phi) is 7.72. The number of carbonyl (C=O) groups is 1. The summed E-state index contributed by atoms with van der Waals surface area (Å²) in [6.45, 7) is 6.16. The number of likely N-dealkylation sites (N-methyl/N-ethyl adjacent to an activating group) is 1. The minimum absolute atomic E-state index is 0. The molecule has 1 aliphatic rings. The van der Waals surface area contributed by atoms with Crippen LogP contribution in [0.5, 0.6) is 0 Å². The van der Waals surface area contributed by atoms with Crippen molar-refractivity contribution >= 4 is 18.3 Å². The van der Waals surface area contributed by atoms with Crippen molar-refractivity contribution in [3.63, 3.8) is 0 Å². The average molecular weight is 251 g/mol. The monoisotopic (exact) mass is 250 g/mol. The van der Waals surface area contributed by atoms with Gasteiger partial charge in [0, 0.05) is 19.7 Å². The SMILES string of the molecule is CC[C@H](N)C(=O)N(CC)CC1CCCO1.Cl. The molecule has 1 aliphatic heterocycles. The summed E-state index contributed by atoms with van der Waals surface area (Å²) >= 11 is 0. The first-order valence-corrected chi connectivity index (χ1v) is 5.85. The van der Waals surface area contributed by atoms with Gasteiger partial charge in [0.15, 0.2) is 0 Å². The van der Waals surface area contributed by atoms with Gasteiger partial charge in [0.25, 0.3) is 0 Å². The van der Waals surface area contributed by atoms with Crippen LogP contribution in [0.25, 0.3) is 0 Å². The molecule has 0 aliphatic carbocycles. The van der Waals surface area contributed by atoms with Gasteiger partial charge in [0.1, 0.15) is 0 Å². The molecule has 1 saturated heterocycles. The highest BCUT2D eigenvalue weighted by atomic mass is 35.5. The van der Waals surface area contributed by atoms with E-state index < -0.39 is 0 Å². The lowest BCUT2D eigenvalue weighted by Crippen LogP contribution is -2.46. The highest BCUT2D eigenvalue weighted by molar-refractivity contribution is 5.85. The highest BCUT2D eigenvalue weighted by Crippen LogP contribution is 2.13. The molecule has 2 atom stereocenters. The van der Waals surface area contributed by atoms with Crippen LogP contribution in [0.3, 0.4) is 0 Å². The Balaban J connectivity index is 0.00000225. The van der Waals surface area contributed by atoms with Gasteiger partial charge in [-0.15, -0.1) is 12.4 Å². The summed E-state index contributed by atoms with van der Waals surface area (Å²) in [6, 6.07) is -0.355. The number of nitrogens with zero attached hydrogens (tertiary/aromatic N) is 1. The molecule has 5 heteroatoms. The van der Waals surface area contributed by atoms with Crippen LogP contribution in [0.15, 0.2) is 0 Å². The maximum atomic E-state index is 11.8. The Morgan fingerprint density at radius 2 is 2.25 bits per heavy atom. The van der Waals surface area contributed by atoms with Crippen LogP contribution in [-0.2, 0) is 9.53 Å². The average Bonchev–Trinajstić information content (AvgIpc) is 2.76. The number of ether oxygens (including phenoxy) is 1. The molecule has 4 nitrogen and oxygen atoms in total. The third-order valence-corrected chi connectivity index (χ3v) is 2.90. The molecule has 0 saturated carbocycles. The van der Waals surface area contributed by atoms with Gasteiger partial charge in [0.2, 0.25) is 5.91 Å². The Morgan fingerprint density at radius 1 is 1.56 bits per heavy atom. The van der Waals surface area contributed by atoms with E-state index in [2.05, 4.69) is 0 Å². The first kappa shape index (κ1) is 15.7. The van der Waals surface area contributed by atoms with Gasteiger partial charge in [-0.05, 0) is 26.2 Å². The summed E-state index contributed by atoms with van der Waals surface area (Å²) in [6.07, 6.45) is 3.08. The summed E-state index contributed by atoms with van der Waals surface area (Å²) in [5.41, 5.74) is 5.74. The Morgan fingerprint density at radius 3 is 2.69 bits per heavy atom. The minimum Gasteiger partial charge on any atom is -0.376 e. The fourth-order valence-corrected chi connectivity index (χ4v) is 1.82. The Hall–Kier alpha value is -0.320. The third-order valence-electron chi connectivity index (χ3n) is 2.90. The number of halogens is 1. The third kappa shape index (κ3) is 4.28. The lowest BCUT2D eigenvalue weighted by molar-refractivity contribution is -0.134. The molecule has 0 bridgehead atoms. The lowest BCUT2D eigenvalue weighted by atomic mass is 10.2. The molecule has 1 rings (SSSR count).